The standard InChI is InChI=1S/C14H30N2S/c1-7-8-13(15)14(9-10(2)3)17-12(6)16-11(4)5/h10-11,13-14,16H,6-9,15H2,1-5H3. The lowest BCUT2D eigenvalue weighted by Gasteiger charge is -2.26. The molecule has 0 bridgehead atoms. The van der Waals surface area contributed by atoms with Crippen molar-refractivity contribution in [3.05, 3.63) is 11.6 Å². The summed E-state index contributed by atoms with van der Waals surface area (Å²) in [5, 5.41) is 4.89. The van der Waals surface area contributed by atoms with Crippen molar-refractivity contribution >= 4 is 11.8 Å². The highest BCUT2D eigenvalue weighted by Gasteiger charge is 2.20. The van der Waals surface area contributed by atoms with Gasteiger partial charge in [-0.15, -0.1) is 11.8 Å². The van der Waals surface area contributed by atoms with Gasteiger partial charge in [-0.2, -0.15) is 0 Å². The first kappa shape index (κ1) is 16.9. The van der Waals surface area contributed by atoms with Gasteiger partial charge in [-0.05, 0) is 32.6 Å². The van der Waals surface area contributed by atoms with Crippen LogP contribution in [0.25, 0.3) is 0 Å². The maximum Gasteiger partial charge on any atom is 0.0613 e. The molecule has 0 aromatic rings. The molecule has 0 saturated carbocycles. The molecule has 0 rings (SSSR count). The van der Waals surface area contributed by atoms with Crippen LogP contribution in [0.5, 0.6) is 0 Å². The molecule has 0 amide bonds. The predicted octanol–water partition coefficient (Wildman–Crippen LogP) is 3.73. The zero-order valence-corrected chi connectivity index (χ0v) is 12.9. The largest absolute Gasteiger partial charge is 0.378 e. The zero-order valence-electron chi connectivity index (χ0n) is 12.1. The Morgan fingerprint density at radius 1 is 1.29 bits per heavy atom. The number of hydrogen-bond acceptors (Lipinski definition) is 3. The molecule has 0 spiro atoms. The molecule has 0 saturated heterocycles. The molecule has 2 unspecified atom stereocenters. The van der Waals surface area contributed by atoms with Gasteiger partial charge < -0.3 is 11.1 Å². The third-order valence-electron chi connectivity index (χ3n) is 2.55. The van der Waals surface area contributed by atoms with Crippen LogP contribution < -0.4 is 11.1 Å². The van der Waals surface area contributed by atoms with Gasteiger partial charge in [-0.1, -0.05) is 33.8 Å². The van der Waals surface area contributed by atoms with E-state index in [0.717, 1.165) is 24.3 Å². The molecule has 0 aliphatic heterocycles. The molecule has 0 aromatic heterocycles. The van der Waals surface area contributed by atoms with Crippen LogP contribution in [0.1, 0.15) is 53.9 Å². The Morgan fingerprint density at radius 2 is 1.88 bits per heavy atom. The minimum atomic E-state index is 0.276. The second-order valence-corrected chi connectivity index (χ2v) is 6.79. The van der Waals surface area contributed by atoms with E-state index in [1.54, 1.807) is 0 Å². The highest BCUT2D eigenvalue weighted by molar-refractivity contribution is 8.03. The summed E-state index contributed by atoms with van der Waals surface area (Å²) in [5.74, 6) is 0.683. The van der Waals surface area contributed by atoms with Crippen molar-refractivity contribution in [3.63, 3.8) is 0 Å². The number of hydrogen-bond donors (Lipinski definition) is 2. The van der Waals surface area contributed by atoms with Gasteiger partial charge in [0.25, 0.3) is 0 Å². The third kappa shape index (κ3) is 8.56. The Balaban J connectivity index is 4.31. The highest BCUT2D eigenvalue weighted by atomic mass is 32.2. The lowest BCUT2D eigenvalue weighted by molar-refractivity contribution is 0.488. The average Bonchev–Trinajstić information content (AvgIpc) is 2.14. The van der Waals surface area contributed by atoms with E-state index >= 15 is 0 Å². The van der Waals surface area contributed by atoms with E-state index < -0.39 is 0 Å². The molecule has 0 aliphatic rings. The van der Waals surface area contributed by atoms with E-state index in [-0.39, 0.29) is 6.04 Å². The van der Waals surface area contributed by atoms with Gasteiger partial charge in [0.05, 0.1) is 5.03 Å². The van der Waals surface area contributed by atoms with Gasteiger partial charge in [-0.25, -0.2) is 0 Å². The fourth-order valence-corrected chi connectivity index (χ4v) is 3.29. The van der Waals surface area contributed by atoms with Crippen LogP contribution in [0.15, 0.2) is 11.6 Å². The van der Waals surface area contributed by atoms with Crippen LogP contribution in [-0.2, 0) is 0 Å². The lowest BCUT2D eigenvalue weighted by Crippen LogP contribution is -2.34. The second-order valence-electron chi connectivity index (χ2n) is 5.46. The molecule has 0 radical (unpaired) electrons. The summed E-state index contributed by atoms with van der Waals surface area (Å²) in [6.45, 7) is 15.1. The minimum Gasteiger partial charge on any atom is -0.378 e. The number of rotatable bonds is 9. The van der Waals surface area contributed by atoms with Crippen LogP contribution in [0.4, 0.5) is 0 Å². The van der Waals surface area contributed by atoms with Crippen LogP contribution in [0, 0.1) is 5.92 Å². The van der Waals surface area contributed by atoms with Gasteiger partial charge in [0.15, 0.2) is 0 Å². The van der Waals surface area contributed by atoms with Gasteiger partial charge in [0, 0.05) is 17.3 Å². The average molecular weight is 258 g/mol. The van der Waals surface area contributed by atoms with Crippen LogP contribution in [0.3, 0.4) is 0 Å². The van der Waals surface area contributed by atoms with E-state index in [2.05, 4.69) is 46.5 Å². The Labute approximate surface area is 112 Å². The molecule has 2 atom stereocenters. The molecule has 0 heterocycles. The molecule has 0 aliphatic carbocycles. The van der Waals surface area contributed by atoms with Crippen molar-refractivity contribution in [3.8, 4) is 0 Å². The van der Waals surface area contributed by atoms with Crippen molar-refractivity contribution in [1.29, 1.82) is 0 Å². The molecule has 17 heavy (non-hydrogen) atoms. The molecule has 0 fully saturated rings. The van der Waals surface area contributed by atoms with Crippen molar-refractivity contribution in [1.82, 2.24) is 5.32 Å². The molecule has 0 aromatic carbocycles. The summed E-state index contributed by atoms with van der Waals surface area (Å²) in [7, 11) is 0. The van der Waals surface area contributed by atoms with E-state index in [1.807, 2.05) is 11.8 Å². The van der Waals surface area contributed by atoms with Crippen molar-refractivity contribution in [2.45, 2.75) is 71.2 Å². The molecular weight excluding hydrogens is 228 g/mol. The Hall–Kier alpha value is -0.150. The Morgan fingerprint density at radius 3 is 2.29 bits per heavy atom. The first-order valence-corrected chi connectivity index (χ1v) is 7.62. The third-order valence-corrected chi connectivity index (χ3v) is 3.79. The molecule has 102 valence electrons. The quantitative estimate of drug-likeness (QED) is 0.662. The van der Waals surface area contributed by atoms with Crippen molar-refractivity contribution < 1.29 is 0 Å². The predicted molar refractivity (Wildman–Crippen MR) is 81.1 cm³/mol. The first-order valence-electron chi connectivity index (χ1n) is 6.74. The SMILES string of the molecule is C=C(NC(C)C)SC(CC(C)C)C(N)CCC. The van der Waals surface area contributed by atoms with Gasteiger partial charge in [0.1, 0.15) is 0 Å². The van der Waals surface area contributed by atoms with E-state index in [1.165, 1.54) is 0 Å². The maximum atomic E-state index is 6.27. The highest BCUT2D eigenvalue weighted by Crippen LogP contribution is 2.28. The minimum absolute atomic E-state index is 0.276. The topological polar surface area (TPSA) is 38.0 Å². The number of nitrogens with one attached hydrogen (secondary N) is 1. The monoisotopic (exact) mass is 258 g/mol. The fraction of sp³-hybridized carbons (Fsp3) is 0.857. The number of nitrogens with two attached hydrogens (primary N) is 1. The molecule has 3 N–H and O–H groups in total. The van der Waals surface area contributed by atoms with Crippen LogP contribution in [0.2, 0.25) is 0 Å². The molecule has 2 nitrogen and oxygen atoms in total. The molecular formula is C14H30N2S. The normalized spacial score (nSPS) is 15.1. The lowest BCUT2D eigenvalue weighted by atomic mass is 10.0. The summed E-state index contributed by atoms with van der Waals surface area (Å²) >= 11 is 1.82. The fourth-order valence-electron chi connectivity index (χ4n) is 1.83. The van der Waals surface area contributed by atoms with Crippen LogP contribution in [-0.4, -0.2) is 17.3 Å². The summed E-state index contributed by atoms with van der Waals surface area (Å²) in [4.78, 5) is 0. The van der Waals surface area contributed by atoms with E-state index in [9.17, 15) is 0 Å². The van der Waals surface area contributed by atoms with E-state index in [0.29, 0.717) is 17.2 Å². The Kier molecular flexibility index (Phi) is 8.79. The summed E-state index contributed by atoms with van der Waals surface area (Å²) in [5.41, 5.74) is 6.27. The van der Waals surface area contributed by atoms with Crippen LogP contribution >= 0.6 is 11.8 Å². The first-order chi connectivity index (χ1) is 7.86. The maximum absolute atomic E-state index is 6.27. The van der Waals surface area contributed by atoms with E-state index in [4.69, 9.17) is 5.73 Å². The summed E-state index contributed by atoms with van der Waals surface area (Å²) < 4.78 is 0. The van der Waals surface area contributed by atoms with Crippen molar-refractivity contribution in [2.24, 2.45) is 11.7 Å². The van der Waals surface area contributed by atoms with Gasteiger partial charge >= 0.3 is 0 Å². The zero-order chi connectivity index (χ0) is 13.4. The smallest absolute Gasteiger partial charge is 0.0613 e. The van der Waals surface area contributed by atoms with Crippen molar-refractivity contribution in [2.75, 3.05) is 0 Å². The Bertz CT molecular complexity index is 214. The second kappa shape index (κ2) is 8.87. The summed E-state index contributed by atoms with van der Waals surface area (Å²) in [6.07, 6.45) is 3.41. The molecule has 3 heteroatoms. The summed E-state index contributed by atoms with van der Waals surface area (Å²) in [6, 6.07) is 0.718. The van der Waals surface area contributed by atoms with Gasteiger partial charge in [-0.3, -0.25) is 0 Å². The number of thioether (sulfide) groups is 1. The van der Waals surface area contributed by atoms with Gasteiger partial charge in [0.2, 0.25) is 0 Å².